The van der Waals surface area contributed by atoms with Gasteiger partial charge in [-0.2, -0.15) is 0 Å². The van der Waals surface area contributed by atoms with Gasteiger partial charge >= 0.3 is 5.97 Å². The van der Waals surface area contributed by atoms with Crippen LogP contribution in [0.4, 0.5) is 5.69 Å². The Morgan fingerprint density at radius 2 is 1.77 bits per heavy atom. The number of methoxy groups -OCH3 is 1. The van der Waals surface area contributed by atoms with E-state index in [9.17, 15) is 19.7 Å². The van der Waals surface area contributed by atoms with Crippen molar-refractivity contribution in [3.05, 3.63) is 98.1 Å². The van der Waals surface area contributed by atoms with Crippen LogP contribution in [0.5, 0.6) is 0 Å². The van der Waals surface area contributed by atoms with Crippen LogP contribution in [-0.2, 0) is 16.6 Å². The van der Waals surface area contributed by atoms with Crippen LogP contribution in [-0.4, -0.2) is 30.5 Å². The maximum Gasteiger partial charge on any atom is 0.338 e. The van der Waals surface area contributed by atoms with Crippen molar-refractivity contribution >= 4 is 17.6 Å². The van der Waals surface area contributed by atoms with Crippen molar-refractivity contribution in [2.75, 3.05) is 13.7 Å². The van der Waals surface area contributed by atoms with Crippen LogP contribution >= 0.6 is 0 Å². The lowest BCUT2D eigenvalue weighted by Crippen LogP contribution is -2.53. The largest absolute Gasteiger partial charge is 0.465 e. The molecular formula is C36H42N2O5. The van der Waals surface area contributed by atoms with Gasteiger partial charge in [-0.3, -0.25) is 14.9 Å². The molecule has 0 aromatic heterocycles. The number of benzene rings is 3. The summed E-state index contributed by atoms with van der Waals surface area (Å²) in [6.45, 7) is 11.4. The van der Waals surface area contributed by atoms with Crippen LogP contribution in [0, 0.1) is 28.4 Å². The van der Waals surface area contributed by atoms with Crippen LogP contribution < -0.4 is 5.32 Å². The fraction of sp³-hybridized carbons (Fsp3) is 0.444. The average molecular weight is 583 g/mol. The Bertz CT molecular complexity index is 1590. The summed E-state index contributed by atoms with van der Waals surface area (Å²) in [6.07, 6.45) is 5.30. The molecule has 0 aliphatic heterocycles. The minimum absolute atomic E-state index is 0.0263. The van der Waals surface area contributed by atoms with Crippen molar-refractivity contribution in [2.45, 2.75) is 78.1 Å². The lowest BCUT2D eigenvalue weighted by molar-refractivity contribution is -0.384. The SMILES string of the molecule is COC(=O)c1cccc(C(=O)NCC2(C)CCCC3(C)c4ccc(C(C)C)cc4CCC23)c1-c1c(C)cccc1[N+](=O)[O-]. The van der Waals surface area contributed by atoms with Crippen molar-refractivity contribution in [3.63, 3.8) is 0 Å². The number of esters is 1. The van der Waals surface area contributed by atoms with Crippen molar-refractivity contribution in [2.24, 2.45) is 11.3 Å². The van der Waals surface area contributed by atoms with E-state index in [1.54, 1.807) is 37.3 Å². The van der Waals surface area contributed by atoms with Crippen LogP contribution in [0.15, 0.2) is 54.6 Å². The van der Waals surface area contributed by atoms with Gasteiger partial charge in [0.25, 0.3) is 11.6 Å². The molecule has 43 heavy (non-hydrogen) atoms. The third kappa shape index (κ3) is 5.34. The Morgan fingerprint density at radius 1 is 1.05 bits per heavy atom. The highest BCUT2D eigenvalue weighted by Gasteiger charge is 2.51. The van der Waals surface area contributed by atoms with E-state index in [-0.39, 0.29) is 44.7 Å². The molecule has 0 bridgehead atoms. The highest BCUT2D eigenvalue weighted by atomic mass is 16.6. The van der Waals surface area contributed by atoms with E-state index in [1.165, 1.54) is 29.9 Å². The minimum atomic E-state index is -0.654. The minimum Gasteiger partial charge on any atom is -0.465 e. The first-order valence-corrected chi connectivity index (χ1v) is 15.3. The second-order valence-electron chi connectivity index (χ2n) is 13.2. The topological polar surface area (TPSA) is 98.5 Å². The van der Waals surface area contributed by atoms with Crippen LogP contribution in [0.25, 0.3) is 11.1 Å². The highest BCUT2D eigenvalue weighted by molar-refractivity contribution is 6.09. The maximum atomic E-state index is 14.0. The molecule has 1 saturated carbocycles. The number of amides is 1. The van der Waals surface area contributed by atoms with Crippen molar-refractivity contribution in [1.29, 1.82) is 0 Å². The number of hydrogen-bond donors (Lipinski definition) is 1. The standard InChI is InChI=1S/C36H42N2O5/c1-22(2)24-14-16-28-25(20-24)15-17-30-35(4,18-9-19-36(28,30)5)21-37-33(39)26-11-8-12-27(34(40)43-6)32(26)31-23(3)10-7-13-29(31)38(41)42/h7-8,10-14,16,20,22,30H,9,15,17-19,21H2,1-6H3,(H,37,39). The summed E-state index contributed by atoms with van der Waals surface area (Å²) in [4.78, 5) is 38.4. The lowest BCUT2D eigenvalue weighted by atomic mass is 9.49. The molecule has 2 aliphatic carbocycles. The molecule has 0 radical (unpaired) electrons. The van der Waals surface area contributed by atoms with Crippen molar-refractivity contribution < 1.29 is 19.2 Å². The molecule has 1 amide bonds. The lowest BCUT2D eigenvalue weighted by Gasteiger charge is -2.55. The number of nitro benzene ring substituents is 1. The Kier molecular flexibility index (Phi) is 8.21. The third-order valence-corrected chi connectivity index (χ3v) is 10.2. The van der Waals surface area contributed by atoms with Crippen molar-refractivity contribution in [3.8, 4) is 11.1 Å². The Hall–Kier alpha value is -4.00. The maximum absolute atomic E-state index is 14.0. The number of nitrogens with one attached hydrogen (secondary N) is 1. The normalized spacial score (nSPS) is 22.8. The molecule has 7 heteroatoms. The number of fused-ring (bicyclic) bond motifs is 3. The second-order valence-corrected chi connectivity index (χ2v) is 13.2. The molecule has 3 atom stereocenters. The third-order valence-electron chi connectivity index (χ3n) is 10.2. The second kappa shape index (κ2) is 11.6. The van der Waals surface area contributed by atoms with Gasteiger partial charge in [-0.1, -0.05) is 70.5 Å². The Balaban J connectivity index is 1.49. The highest BCUT2D eigenvalue weighted by Crippen LogP contribution is 2.57. The average Bonchev–Trinajstić information content (AvgIpc) is 2.98. The van der Waals surface area contributed by atoms with Gasteiger partial charge < -0.3 is 10.1 Å². The molecule has 0 heterocycles. The zero-order chi connectivity index (χ0) is 31.1. The molecule has 1 N–H and O–H groups in total. The molecule has 3 aromatic carbocycles. The van der Waals surface area contributed by atoms with E-state index < -0.39 is 10.9 Å². The molecule has 3 unspecified atom stereocenters. The van der Waals surface area contributed by atoms with Gasteiger partial charge in [-0.25, -0.2) is 4.79 Å². The van der Waals surface area contributed by atoms with E-state index in [0.29, 0.717) is 23.9 Å². The summed E-state index contributed by atoms with van der Waals surface area (Å²) in [7, 11) is 1.26. The van der Waals surface area contributed by atoms with Gasteiger partial charge in [0.1, 0.15) is 0 Å². The number of carbonyl (C=O) groups excluding carboxylic acids is 2. The van der Waals surface area contributed by atoms with Gasteiger partial charge in [0.15, 0.2) is 0 Å². The van der Waals surface area contributed by atoms with Crippen LogP contribution in [0.3, 0.4) is 0 Å². The van der Waals surface area contributed by atoms with E-state index in [1.807, 2.05) is 0 Å². The number of nitrogens with zero attached hydrogens (tertiary/aromatic N) is 1. The molecule has 226 valence electrons. The van der Waals surface area contributed by atoms with Crippen LogP contribution in [0.2, 0.25) is 0 Å². The van der Waals surface area contributed by atoms with Crippen molar-refractivity contribution in [1.82, 2.24) is 5.32 Å². The summed E-state index contributed by atoms with van der Waals surface area (Å²) < 4.78 is 5.02. The first-order chi connectivity index (χ1) is 20.4. The zero-order valence-electron chi connectivity index (χ0n) is 26.1. The monoisotopic (exact) mass is 582 g/mol. The molecule has 2 aliphatic rings. The quantitative estimate of drug-likeness (QED) is 0.173. The molecule has 5 rings (SSSR count). The molecule has 0 spiro atoms. The molecule has 0 saturated heterocycles. The van der Waals surface area contributed by atoms with Crippen LogP contribution in [0.1, 0.15) is 102 Å². The number of hydrogen-bond acceptors (Lipinski definition) is 5. The molecule has 3 aromatic rings. The fourth-order valence-electron chi connectivity index (χ4n) is 8.01. The predicted octanol–water partition coefficient (Wildman–Crippen LogP) is 7.92. The van der Waals surface area contributed by atoms with Gasteiger partial charge in [0, 0.05) is 23.7 Å². The molecular weight excluding hydrogens is 540 g/mol. The zero-order valence-corrected chi connectivity index (χ0v) is 26.1. The summed E-state index contributed by atoms with van der Waals surface area (Å²) in [5.74, 6) is -0.126. The summed E-state index contributed by atoms with van der Waals surface area (Å²) >= 11 is 0. The van der Waals surface area contributed by atoms with E-state index in [4.69, 9.17) is 4.74 Å². The summed E-state index contributed by atoms with van der Waals surface area (Å²) in [5.41, 5.74) is 5.43. The number of rotatable bonds is 7. The predicted molar refractivity (Wildman–Crippen MR) is 169 cm³/mol. The molecule has 7 nitrogen and oxygen atoms in total. The van der Waals surface area contributed by atoms with E-state index in [2.05, 4.69) is 51.2 Å². The smallest absolute Gasteiger partial charge is 0.338 e. The van der Waals surface area contributed by atoms with Gasteiger partial charge in [0.05, 0.1) is 23.2 Å². The Morgan fingerprint density at radius 3 is 2.47 bits per heavy atom. The van der Waals surface area contributed by atoms with E-state index >= 15 is 0 Å². The Labute approximate surface area is 254 Å². The first kappa shape index (κ1) is 30.5. The fourth-order valence-corrected chi connectivity index (χ4v) is 8.01. The van der Waals surface area contributed by atoms with Gasteiger partial charge in [-0.15, -0.1) is 0 Å². The number of ether oxygens (including phenoxy) is 1. The number of nitro groups is 1. The summed E-state index contributed by atoms with van der Waals surface area (Å²) in [6, 6.07) is 16.6. The number of aryl methyl sites for hydroxylation is 2. The van der Waals surface area contributed by atoms with E-state index in [0.717, 1.165) is 32.1 Å². The summed E-state index contributed by atoms with van der Waals surface area (Å²) in [5, 5.41) is 15.3. The number of carbonyl (C=O) groups is 2. The van der Waals surface area contributed by atoms with Gasteiger partial charge in [-0.05, 0) is 89.7 Å². The first-order valence-electron chi connectivity index (χ1n) is 15.3. The molecule has 1 fully saturated rings. The van der Waals surface area contributed by atoms with Gasteiger partial charge in [0.2, 0.25) is 0 Å².